The molecule has 4 N–H and O–H groups in total. The highest BCUT2D eigenvalue weighted by molar-refractivity contribution is 6.09. The summed E-state index contributed by atoms with van der Waals surface area (Å²) in [5.74, 6) is 1.62. The summed E-state index contributed by atoms with van der Waals surface area (Å²) < 4.78 is 0. The minimum atomic E-state index is 0.482. The van der Waals surface area contributed by atoms with Gasteiger partial charge in [-0.15, -0.1) is 0 Å². The Hall–Kier alpha value is -4.58. The zero-order valence-electron chi connectivity index (χ0n) is 21.3. The second kappa shape index (κ2) is 10.2. The van der Waals surface area contributed by atoms with E-state index in [9.17, 15) is 0 Å². The Morgan fingerprint density at radius 3 is 1.86 bits per heavy atom. The van der Waals surface area contributed by atoms with Crippen LogP contribution in [0.3, 0.4) is 0 Å². The number of rotatable bonds is 3. The molecule has 0 spiro atoms. The number of pyridine rings is 4. The van der Waals surface area contributed by atoms with Gasteiger partial charge in [-0.2, -0.15) is 0 Å². The van der Waals surface area contributed by atoms with E-state index in [1.807, 2.05) is 49.4 Å². The first-order valence-corrected chi connectivity index (χ1v) is 12.4. The lowest BCUT2D eigenvalue weighted by atomic mass is 10.0. The number of allylic oxidation sites excluding steroid dienone is 1. The van der Waals surface area contributed by atoms with Gasteiger partial charge < -0.3 is 11.5 Å². The molecule has 0 amide bonds. The van der Waals surface area contributed by atoms with Crippen molar-refractivity contribution in [3.63, 3.8) is 0 Å². The topological polar surface area (TPSA) is 104 Å². The highest BCUT2D eigenvalue weighted by Gasteiger charge is 2.08. The Morgan fingerprint density at radius 1 is 0.730 bits per heavy atom. The molecule has 4 heterocycles. The van der Waals surface area contributed by atoms with Crippen LogP contribution in [-0.4, -0.2) is 19.9 Å². The van der Waals surface area contributed by atoms with E-state index in [2.05, 4.69) is 64.1 Å². The number of hydrogen-bond donors (Lipinski definition) is 2. The molecule has 6 rings (SSSR count). The van der Waals surface area contributed by atoms with Crippen molar-refractivity contribution in [1.82, 2.24) is 19.9 Å². The summed E-state index contributed by atoms with van der Waals surface area (Å²) in [7, 11) is 0. The molecule has 0 saturated carbocycles. The van der Waals surface area contributed by atoms with Gasteiger partial charge in [-0.3, -0.25) is 9.97 Å². The van der Waals surface area contributed by atoms with Crippen LogP contribution in [0.4, 0.5) is 11.6 Å². The first-order valence-electron chi connectivity index (χ1n) is 12.4. The Bertz CT molecular complexity index is 1770. The zero-order valence-corrected chi connectivity index (χ0v) is 21.3. The number of nitrogens with zero attached hydrogens (tertiary/aromatic N) is 4. The van der Waals surface area contributed by atoms with Crippen LogP contribution in [0.5, 0.6) is 0 Å². The molecular formula is C31H30N6. The molecular weight excluding hydrogens is 456 g/mol. The van der Waals surface area contributed by atoms with Gasteiger partial charge in [-0.25, -0.2) is 9.97 Å². The van der Waals surface area contributed by atoms with Gasteiger partial charge in [0.15, 0.2) is 11.6 Å². The predicted molar refractivity (Wildman–Crippen MR) is 156 cm³/mol. The summed E-state index contributed by atoms with van der Waals surface area (Å²) in [5, 5.41) is 4.32. The lowest BCUT2D eigenvalue weighted by Gasteiger charge is -2.09. The second-order valence-electron chi connectivity index (χ2n) is 9.52. The summed E-state index contributed by atoms with van der Waals surface area (Å²) in [6, 6.07) is 20.5. The number of benzene rings is 2. The normalized spacial score (nSPS) is 11.6. The fourth-order valence-electron chi connectivity index (χ4n) is 4.68. The summed E-state index contributed by atoms with van der Waals surface area (Å²) in [6.45, 7) is 6.43. The molecule has 184 valence electrons. The average molecular weight is 487 g/mol. The molecule has 0 unspecified atom stereocenters. The standard InChI is InChI=1S/C16H17N3.C15H13N3/c1-10(2)8-11-5-6-12-13-4-3-7-18-15(13)16(17)19-14(12)9-11;1-2-4-10-6-7-11-12-5-3-8-17-14(12)15(16)18-13(11)9-10/h3-7,9-10H,8H2,1-2H3,(H2,17,19);2-9H,1H3,(H2,16,18)/b;4-2+. The van der Waals surface area contributed by atoms with Gasteiger partial charge in [0.1, 0.15) is 11.0 Å². The molecule has 0 bridgehead atoms. The zero-order chi connectivity index (χ0) is 25.9. The summed E-state index contributed by atoms with van der Waals surface area (Å²) >= 11 is 0. The highest BCUT2D eigenvalue weighted by atomic mass is 14.9. The average Bonchev–Trinajstić information content (AvgIpc) is 2.89. The summed E-state index contributed by atoms with van der Waals surface area (Å²) in [6.07, 6.45) is 8.60. The second-order valence-corrected chi connectivity index (χ2v) is 9.52. The Kier molecular flexibility index (Phi) is 6.64. The molecule has 0 fully saturated rings. The Morgan fingerprint density at radius 2 is 1.30 bits per heavy atom. The maximum Gasteiger partial charge on any atom is 0.150 e. The van der Waals surface area contributed by atoms with Crippen LogP contribution in [0, 0.1) is 5.92 Å². The molecule has 6 aromatic rings. The van der Waals surface area contributed by atoms with E-state index in [-0.39, 0.29) is 0 Å². The molecule has 6 heteroatoms. The van der Waals surface area contributed by atoms with E-state index in [0.717, 1.165) is 55.6 Å². The largest absolute Gasteiger partial charge is 0.382 e. The monoisotopic (exact) mass is 486 g/mol. The van der Waals surface area contributed by atoms with Gasteiger partial charge in [0.2, 0.25) is 0 Å². The first kappa shape index (κ1) is 24.1. The maximum atomic E-state index is 6.00. The minimum absolute atomic E-state index is 0.482. The summed E-state index contributed by atoms with van der Waals surface area (Å²) in [5.41, 5.74) is 17.8. The molecule has 2 aromatic carbocycles. The molecule has 0 atom stereocenters. The predicted octanol–water partition coefficient (Wildman–Crippen LogP) is 6.96. The van der Waals surface area contributed by atoms with Crippen molar-refractivity contribution in [3.8, 4) is 0 Å². The van der Waals surface area contributed by atoms with Crippen molar-refractivity contribution in [3.05, 3.63) is 90.3 Å². The number of hydrogen-bond acceptors (Lipinski definition) is 6. The SMILES string of the molecule is C/C=C/c1ccc2c(c1)nc(N)c1ncccc12.CC(C)Cc1ccc2c(c1)nc(N)c1ncccc12. The Balaban J connectivity index is 0.000000152. The van der Waals surface area contributed by atoms with Gasteiger partial charge in [-0.05, 0) is 54.7 Å². The van der Waals surface area contributed by atoms with Crippen molar-refractivity contribution < 1.29 is 0 Å². The van der Waals surface area contributed by atoms with E-state index in [1.165, 1.54) is 5.56 Å². The van der Waals surface area contributed by atoms with Gasteiger partial charge in [-0.1, -0.05) is 62.4 Å². The highest BCUT2D eigenvalue weighted by Crippen LogP contribution is 2.28. The molecule has 0 aliphatic carbocycles. The van der Waals surface area contributed by atoms with Crippen LogP contribution in [0.15, 0.2) is 79.1 Å². The van der Waals surface area contributed by atoms with E-state index < -0.39 is 0 Å². The van der Waals surface area contributed by atoms with Crippen LogP contribution in [0.2, 0.25) is 0 Å². The molecule has 6 nitrogen and oxygen atoms in total. The lowest BCUT2D eigenvalue weighted by Crippen LogP contribution is -1.97. The molecule has 4 aromatic heterocycles. The van der Waals surface area contributed by atoms with Crippen molar-refractivity contribution in [2.24, 2.45) is 5.92 Å². The van der Waals surface area contributed by atoms with E-state index in [1.54, 1.807) is 12.4 Å². The van der Waals surface area contributed by atoms with Crippen molar-refractivity contribution >= 4 is 61.3 Å². The van der Waals surface area contributed by atoms with E-state index >= 15 is 0 Å². The molecule has 0 saturated heterocycles. The first-order chi connectivity index (χ1) is 17.9. The van der Waals surface area contributed by atoms with Crippen molar-refractivity contribution in [2.75, 3.05) is 11.5 Å². The third-order valence-corrected chi connectivity index (χ3v) is 6.25. The van der Waals surface area contributed by atoms with Crippen LogP contribution >= 0.6 is 0 Å². The van der Waals surface area contributed by atoms with Crippen LogP contribution in [0.1, 0.15) is 31.9 Å². The van der Waals surface area contributed by atoms with Crippen LogP contribution in [-0.2, 0) is 6.42 Å². The van der Waals surface area contributed by atoms with Crippen LogP contribution < -0.4 is 11.5 Å². The fraction of sp³-hybridized carbons (Fsp3) is 0.161. The third kappa shape index (κ3) is 4.91. The summed E-state index contributed by atoms with van der Waals surface area (Å²) in [4.78, 5) is 17.5. The van der Waals surface area contributed by atoms with Gasteiger partial charge in [0, 0.05) is 33.9 Å². The van der Waals surface area contributed by atoms with Gasteiger partial charge in [0.25, 0.3) is 0 Å². The molecule has 0 aliphatic heterocycles. The fourth-order valence-corrected chi connectivity index (χ4v) is 4.68. The molecule has 0 radical (unpaired) electrons. The van der Waals surface area contributed by atoms with E-state index in [4.69, 9.17) is 11.5 Å². The number of fused-ring (bicyclic) bond motifs is 6. The Labute approximate surface area is 216 Å². The number of nitrogens with two attached hydrogens (primary N) is 2. The third-order valence-electron chi connectivity index (χ3n) is 6.25. The maximum absolute atomic E-state index is 6.00. The minimum Gasteiger partial charge on any atom is -0.382 e. The number of nitrogen functional groups attached to an aromatic ring is 2. The number of aromatic nitrogens is 4. The van der Waals surface area contributed by atoms with Crippen molar-refractivity contribution in [2.45, 2.75) is 27.2 Å². The quantitative estimate of drug-likeness (QED) is 0.262. The van der Waals surface area contributed by atoms with Crippen molar-refractivity contribution in [1.29, 1.82) is 0 Å². The molecule has 37 heavy (non-hydrogen) atoms. The van der Waals surface area contributed by atoms with E-state index in [0.29, 0.717) is 17.6 Å². The van der Waals surface area contributed by atoms with Crippen LogP contribution in [0.25, 0.3) is 49.7 Å². The van der Waals surface area contributed by atoms with Gasteiger partial charge >= 0.3 is 0 Å². The smallest absolute Gasteiger partial charge is 0.150 e. The lowest BCUT2D eigenvalue weighted by molar-refractivity contribution is 0.648. The number of anilines is 2. The van der Waals surface area contributed by atoms with Gasteiger partial charge in [0.05, 0.1) is 11.0 Å². The molecule has 0 aliphatic rings.